The van der Waals surface area contributed by atoms with E-state index in [4.69, 9.17) is 0 Å². The van der Waals surface area contributed by atoms with E-state index in [1.807, 2.05) is 0 Å². The van der Waals surface area contributed by atoms with Crippen molar-refractivity contribution in [1.82, 2.24) is 15.1 Å². The van der Waals surface area contributed by atoms with Crippen molar-refractivity contribution >= 4 is 17.7 Å². The molecule has 6 nitrogen and oxygen atoms in total. The number of rotatable bonds is 2. The van der Waals surface area contributed by atoms with Crippen LogP contribution in [0.4, 0.5) is 4.39 Å². The van der Waals surface area contributed by atoms with Crippen molar-refractivity contribution in [3.8, 4) is 0 Å². The molecule has 1 N–H and O–H groups in total. The molecule has 0 radical (unpaired) electrons. The fourth-order valence-corrected chi connectivity index (χ4v) is 2.36. The lowest BCUT2D eigenvalue weighted by Gasteiger charge is -2.34. The third-order valence-corrected chi connectivity index (χ3v) is 3.56. The first kappa shape index (κ1) is 16.9. The van der Waals surface area contributed by atoms with Gasteiger partial charge in [-0.3, -0.25) is 14.4 Å². The Kier molecular flexibility index (Phi) is 5.31. The summed E-state index contributed by atoms with van der Waals surface area (Å²) in [6.45, 7) is 4.86. The highest BCUT2D eigenvalue weighted by Crippen LogP contribution is 2.10. The van der Waals surface area contributed by atoms with Gasteiger partial charge in [0.2, 0.25) is 0 Å². The number of hydrogen-bond acceptors (Lipinski definition) is 3. The number of hydrogen-bond donors (Lipinski definition) is 1. The molecule has 3 amide bonds. The predicted octanol–water partition coefficient (Wildman–Crippen LogP) is 0.635. The molecule has 0 spiro atoms. The van der Waals surface area contributed by atoms with E-state index < -0.39 is 17.6 Å². The minimum atomic E-state index is -0.627. The molecule has 124 valence electrons. The largest absolute Gasteiger partial charge is 0.346 e. The summed E-state index contributed by atoms with van der Waals surface area (Å²) in [6.07, 6.45) is 0. The quantitative estimate of drug-likeness (QED) is 0.813. The fourth-order valence-electron chi connectivity index (χ4n) is 2.36. The maximum Gasteiger partial charge on any atom is 0.312 e. The van der Waals surface area contributed by atoms with Crippen LogP contribution in [0.3, 0.4) is 0 Å². The van der Waals surface area contributed by atoms with Crippen LogP contribution in [0.5, 0.6) is 0 Å². The first-order chi connectivity index (χ1) is 10.9. The average Bonchev–Trinajstić information content (AvgIpc) is 2.53. The normalized spacial score (nSPS) is 14.8. The highest BCUT2D eigenvalue weighted by molar-refractivity contribution is 6.35. The fraction of sp³-hybridized carbons (Fsp3) is 0.438. The van der Waals surface area contributed by atoms with Crippen molar-refractivity contribution in [3.05, 3.63) is 35.6 Å². The van der Waals surface area contributed by atoms with Crippen molar-refractivity contribution in [2.24, 2.45) is 0 Å². The van der Waals surface area contributed by atoms with Gasteiger partial charge in [-0.1, -0.05) is 0 Å². The van der Waals surface area contributed by atoms with E-state index in [0.29, 0.717) is 31.7 Å². The van der Waals surface area contributed by atoms with E-state index in [1.54, 1.807) is 18.7 Å². The highest BCUT2D eigenvalue weighted by atomic mass is 19.1. The molecule has 0 unspecified atom stereocenters. The first-order valence-corrected chi connectivity index (χ1v) is 7.53. The maximum atomic E-state index is 12.9. The summed E-state index contributed by atoms with van der Waals surface area (Å²) in [4.78, 5) is 39.0. The van der Waals surface area contributed by atoms with E-state index in [0.717, 1.165) is 0 Å². The van der Waals surface area contributed by atoms with Crippen LogP contribution in [0.1, 0.15) is 24.2 Å². The lowest BCUT2D eigenvalue weighted by Crippen LogP contribution is -2.54. The molecule has 0 aromatic heterocycles. The number of nitrogens with one attached hydrogen (secondary N) is 1. The van der Waals surface area contributed by atoms with Crippen LogP contribution >= 0.6 is 0 Å². The Labute approximate surface area is 134 Å². The molecule has 1 aromatic carbocycles. The van der Waals surface area contributed by atoms with Crippen LogP contribution in [0.15, 0.2) is 24.3 Å². The Morgan fingerprint density at radius 2 is 1.52 bits per heavy atom. The van der Waals surface area contributed by atoms with Crippen molar-refractivity contribution in [2.75, 3.05) is 26.2 Å². The molecule has 1 aliphatic heterocycles. The molecule has 0 atom stereocenters. The lowest BCUT2D eigenvalue weighted by molar-refractivity contribution is -0.147. The van der Waals surface area contributed by atoms with Gasteiger partial charge in [0.05, 0.1) is 0 Å². The molecule has 0 bridgehead atoms. The molecule has 0 saturated carbocycles. The second-order valence-electron chi connectivity index (χ2n) is 5.72. The zero-order valence-electron chi connectivity index (χ0n) is 13.2. The van der Waals surface area contributed by atoms with Crippen molar-refractivity contribution in [3.63, 3.8) is 0 Å². The Balaban J connectivity index is 1.90. The van der Waals surface area contributed by atoms with Gasteiger partial charge < -0.3 is 15.1 Å². The number of benzene rings is 1. The molecule has 1 saturated heterocycles. The van der Waals surface area contributed by atoms with Gasteiger partial charge in [0, 0.05) is 37.8 Å². The molecular formula is C16H20FN3O3. The summed E-state index contributed by atoms with van der Waals surface area (Å²) < 4.78 is 12.9. The summed E-state index contributed by atoms with van der Waals surface area (Å²) in [5.74, 6) is -1.80. The number of nitrogens with zero attached hydrogens (tertiary/aromatic N) is 2. The summed E-state index contributed by atoms with van der Waals surface area (Å²) in [5.41, 5.74) is 0.406. The van der Waals surface area contributed by atoms with Gasteiger partial charge in [-0.15, -0.1) is 0 Å². The van der Waals surface area contributed by atoms with Crippen LogP contribution < -0.4 is 5.32 Å². The van der Waals surface area contributed by atoms with Gasteiger partial charge in [-0.05, 0) is 38.1 Å². The number of amides is 3. The Morgan fingerprint density at radius 3 is 2.04 bits per heavy atom. The second kappa shape index (κ2) is 7.21. The third-order valence-electron chi connectivity index (χ3n) is 3.56. The lowest BCUT2D eigenvalue weighted by atomic mass is 10.1. The van der Waals surface area contributed by atoms with Crippen LogP contribution in [-0.2, 0) is 9.59 Å². The first-order valence-electron chi connectivity index (χ1n) is 7.53. The standard InChI is InChI=1S/C16H20FN3O3/c1-11(2)18-14(21)16(23)20-9-7-19(8-10-20)15(22)12-3-5-13(17)6-4-12/h3-6,11H,7-10H2,1-2H3,(H,18,21). The van der Waals surface area contributed by atoms with Crippen LogP contribution in [0.2, 0.25) is 0 Å². The maximum absolute atomic E-state index is 12.9. The Morgan fingerprint density at radius 1 is 1.00 bits per heavy atom. The summed E-state index contributed by atoms with van der Waals surface area (Å²) in [7, 11) is 0. The third kappa shape index (κ3) is 4.28. The molecular weight excluding hydrogens is 301 g/mol. The smallest absolute Gasteiger partial charge is 0.312 e. The Hall–Kier alpha value is -2.44. The minimum absolute atomic E-state index is 0.104. The van der Waals surface area contributed by atoms with Gasteiger partial charge in [0.15, 0.2) is 0 Å². The topological polar surface area (TPSA) is 69.7 Å². The molecule has 1 aliphatic rings. The minimum Gasteiger partial charge on any atom is -0.346 e. The van der Waals surface area contributed by atoms with E-state index >= 15 is 0 Å². The van der Waals surface area contributed by atoms with Crippen LogP contribution in [0, 0.1) is 5.82 Å². The van der Waals surface area contributed by atoms with Gasteiger partial charge in [0.25, 0.3) is 5.91 Å². The molecule has 2 rings (SSSR count). The van der Waals surface area contributed by atoms with Gasteiger partial charge in [-0.25, -0.2) is 4.39 Å². The zero-order valence-corrected chi connectivity index (χ0v) is 13.2. The Bertz CT molecular complexity index is 593. The number of carbonyl (C=O) groups is 3. The number of halogens is 1. The monoisotopic (exact) mass is 321 g/mol. The predicted molar refractivity (Wildman–Crippen MR) is 82.2 cm³/mol. The van der Waals surface area contributed by atoms with Crippen LogP contribution in [-0.4, -0.2) is 59.7 Å². The molecule has 1 heterocycles. The summed E-state index contributed by atoms with van der Waals surface area (Å²) in [5, 5.41) is 2.56. The van der Waals surface area contributed by atoms with E-state index in [-0.39, 0.29) is 11.9 Å². The highest BCUT2D eigenvalue weighted by Gasteiger charge is 2.28. The summed E-state index contributed by atoms with van der Waals surface area (Å²) in [6, 6.07) is 5.25. The summed E-state index contributed by atoms with van der Waals surface area (Å²) >= 11 is 0. The SMILES string of the molecule is CC(C)NC(=O)C(=O)N1CCN(C(=O)c2ccc(F)cc2)CC1. The van der Waals surface area contributed by atoms with E-state index in [1.165, 1.54) is 29.2 Å². The van der Waals surface area contributed by atoms with Gasteiger partial charge in [-0.2, -0.15) is 0 Å². The molecule has 7 heteroatoms. The molecule has 1 fully saturated rings. The molecule has 23 heavy (non-hydrogen) atoms. The van der Waals surface area contributed by atoms with Gasteiger partial charge >= 0.3 is 11.8 Å². The molecule has 0 aliphatic carbocycles. The van der Waals surface area contributed by atoms with Crippen molar-refractivity contribution in [2.45, 2.75) is 19.9 Å². The van der Waals surface area contributed by atoms with E-state index in [2.05, 4.69) is 5.32 Å². The van der Waals surface area contributed by atoms with E-state index in [9.17, 15) is 18.8 Å². The van der Waals surface area contributed by atoms with Crippen molar-refractivity contribution in [1.29, 1.82) is 0 Å². The zero-order chi connectivity index (χ0) is 17.0. The number of carbonyl (C=O) groups excluding carboxylic acids is 3. The van der Waals surface area contributed by atoms with Crippen molar-refractivity contribution < 1.29 is 18.8 Å². The molecule has 1 aromatic rings. The second-order valence-corrected chi connectivity index (χ2v) is 5.72. The number of piperazine rings is 1. The van der Waals surface area contributed by atoms with Gasteiger partial charge in [0.1, 0.15) is 5.82 Å². The van der Waals surface area contributed by atoms with Crippen LogP contribution in [0.25, 0.3) is 0 Å². The average molecular weight is 321 g/mol.